The number of carbonyl (C=O) groups is 2. The first-order valence-electron chi connectivity index (χ1n) is 6.00. The molecular weight excluding hydrogens is 248 g/mol. The summed E-state index contributed by atoms with van der Waals surface area (Å²) in [5, 5.41) is 9.12. The summed E-state index contributed by atoms with van der Waals surface area (Å²) in [5.74, 6) is -2.10. The minimum Gasteiger partial charge on any atom is -0.479 e. The summed E-state index contributed by atoms with van der Waals surface area (Å²) < 4.78 is 5.00. The van der Waals surface area contributed by atoms with Gasteiger partial charge in [-0.1, -0.05) is 18.2 Å². The van der Waals surface area contributed by atoms with E-state index in [1.165, 1.54) is 0 Å². The molecule has 0 radical (unpaired) electrons. The molecule has 1 rings (SSSR count). The molecule has 0 spiro atoms. The lowest BCUT2D eigenvalue weighted by Crippen LogP contribution is -2.56. The van der Waals surface area contributed by atoms with Crippen molar-refractivity contribution in [3.63, 3.8) is 0 Å². The van der Waals surface area contributed by atoms with Crippen LogP contribution < -0.4 is 16.2 Å². The van der Waals surface area contributed by atoms with Gasteiger partial charge in [0.2, 0.25) is 5.54 Å². The number of ether oxygens (including phenoxy) is 1. The molecule has 0 unspecified atom stereocenters. The van der Waals surface area contributed by atoms with E-state index >= 15 is 0 Å². The van der Waals surface area contributed by atoms with E-state index in [1.54, 1.807) is 30.3 Å². The monoisotopic (exact) mass is 266 g/mol. The van der Waals surface area contributed by atoms with Crippen molar-refractivity contribution in [2.45, 2.75) is 24.8 Å². The summed E-state index contributed by atoms with van der Waals surface area (Å²) in [6.45, 7) is 0.420. The number of benzene rings is 1. The van der Waals surface area contributed by atoms with E-state index in [4.69, 9.17) is 21.3 Å². The molecule has 6 heteroatoms. The van der Waals surface area contributed by atoms with Crippen molar-refractivity contribution in [3.05, 3.63) is 30.3 Å². The first-order chi connectivity index (χ1) is 9.00. The number of esters is 1. The summed E-state index contributed by atoms with van der Waals surface area (Å²) in [4.78, 5) is 23.1. The van der Waals surface area contributed by atoms with Crippen molar-refractivity contribution >= 4 is 11.9 Å². The highest BCUT2D eigenvalue weighted by molar-refractivity contribution is 6.04. The minimum absolute atomic E-state index is 0.00873. The Balaban J connectivity index is 2.75. The van der Waals surface area contributed by atoms with Crippen molar-refractivity contribution in [2.75, 3.05) is 6.54 Å². The Morgan fingerprint density at radius 1 is 1.21 bits per heavy atom. The van der Waals surface area contributed by atoms with Crippen LogP contribution in [-0.4, -0.2) is 29.1 Å². The fourth-order valence-electron chi connectivity index (χ4n) is 1.53. The summed E-state index contributed by atoms with van der Waals surface area (Å²) in [5.41, 5.74) is 8.95. The Hall–Kier alpha value is -1.92. The average molecular weight is 266 g/mol. The molecule has 0 aliphatic rings. The molecule has 104 valence electrons. The fraction of sp³-hybridized carbons (Fsp3) is 0.385. The zero-order valence-electron chi connectivity index (χ0n) is 10.5. The summed E-state index contributed by atoms with van der Waals surface area (Å²) in [6.07, 6.45) is 1.04. The minimum atomic E-state index is -2.04. The van der Waals surface area contributed by atoms with Gasteiger partial charge >= 0.3 is 11.9 Å². The highest BCUT2D eigenvalue weighted by atomic mass is 16.5. The Bertz CT molecular complexity index is 436. The first kappa shape index (κ1) is 15.1. The molecule has 5 N–H and O–H groups in total. The summed E-state index contributed by atoms with van der Waals surface area (Å²) in [7, 11) is 0. The number of rotatable bonds is 7. The van der Waals surface area contributed by atoms with Crippen molar-refractivity contribution in [1.82, 2.24) is 0 Å². The second kappa shape index (κ2) is 6.86. The molecule has 0 saturated heterocycles. The highest BCUT2D eigenvalue weighted by Gasteiger charge is 2.43. The standard InChI is InChI=1S/C13H18N2O4/c14-9-5-4-8-13(15,11(16)17)12(18)19-10-6-2-1-3-7-10/h1-3,6-7H,4-5,8-9,14-15H2,(H,16,17)/t13-/m0/s1. The number of carboxylic acid groups (broad SMARTS) is 1. The third-order valence-corrected chi connectivity index (χ3v) is 2.72. The van der Waals surface area contributed by atoms with E-state index in [9.17, 15) is 9.59 Å². The lowest BCUT2D eigenvalue weighted by molar-refractivity contribution is -0.155. The second-order valence-corrected chi connectivity index (χ2v) is 4.22. The second-order valence-electron chi connectivity index (χ2n) is 4.22. The van der Waals surface area contributed by atoms with Gasteiger partial charge in [-0.15, -0.1) is 0 Å². The van der Waals surface area contributed by atoms with Crippen LogP contribution >= 0.6 is 0 Å². The van der Waals surface area contributed by atoms with Crippen molar-refractivity contribution in [1.29, 1.82) is 0 Å². The Morgan fingerprint density at radius 2 is 1.84 bits per heavy atom. The van der Waals surface area contributed by atoms with Gasteiger partial charge in [-0.25, -0.2) is 9.59 Å². The maximum Gasteiger partial charge on any atom is 0.343 e. The number of hydrogen-bond donors (Lipinski definition) is 3. The third kappa shape index (κ3) is 4.04. The van der Waals surface area contributed by atoms with Crippen LogP contribution in [0.1, 0.15) is 19.3 Å². The number of aliphatic carboxylic acids is 1. The van der Waals surface area contributed by atoms with Gasteiger partial charge in [-0.3, -0.25) is 0 Å². The molecular formula is C13H18N2O4. The number of unbranched alkanes of at least 4 members (excludes halogenated alkanes) is 1. The number of carbonyl (C=O) groups excluding carboxylic acids is 1. The first-order valence-corrected chi connectivity index (χ1v) is 6.00. The lowest BCUT2D eigenvalue weighted by atomic mass is 9.94. The molecule has 1 aromatic carbocycles. The van der Waals surface area contributed by atoms with Gasteiger partial charge in [0.15, 0.2) is 0 Å². The molecule has 0 fully saturated rings. The quantitative estimate of drug-likeness (QED) is 0.286. The molecule has 1 atom stereocenters. The van der Waals surface area contributed by atoms with Crippen LogP contribution in [-0.2, 0) is 9.59 Å². The molecule has 0 saturated carbocycles. The SMILES string of the molecule is NCCCC[C@](N)(C(=O)O)C(=O)Oc1ccccc1. The van der Waals surface area contributed by atoms with Crippen molar-refractivity contribution < 1.29 is 19.4 Å². The third-order valence-electron chi connectivity index (χ3n) is 2.72. The van der Waals surface area contributed by atoms with E-state index in [1.807, 2.05) is 0 Å². The van der Waals surface area contributed by atoms with E-state index in [0.717, 1.165) is 0 Å². The van der Waals surface area contributed by atoms with Gasteiger partial charge < -0.3 is 21.3 Å². The van der Waals surface area contributed by atoms with Crippen LogP contribution in [0.3, 0.4) is 0 Å². The molecule has 6 nitrogen and oxygen atoms in total. The zero-order valence-corrected chi connectivity index (χ0v) is 10.5. The van der Waals surface area contributed by atoms with Crippen molar-refractivity contribution in [3.8, 4) is 5.75 Å². The fourth-order valence-corrected chi connectivity index (χ4v) is 1.53. The van der Waals surface area contributed by atoms with Crippen molar-refractivity contribution in [2.24, 2.45) is 11.5 Å². The maximum absolute atomic E-state index is 11.9. The van der Waals surface area contributed by atoms with Gasteiger partial charge in [0.1, 0.15) is 5.75 Å². The van der Waals surface area contributed by atoms with Gasteiger partial charge in [0.25, 0.3) is 0 Å². The van der Waals surface area contributed by atoms with Crippen LogP contribution in [0, 0.1) is 0 Å². The van der Waals surface area contributed by atoms with E-state index < -0.39 is 17.5 Å². The van der Waals surface area contributed by atoms with Gasteiger partial charge in [0, 0.05) is 0 Å². The topological polar surface area (TPSA) is 116 Å². The molecule has 19 heavy (non-hydrogen) atoms. The van der Waals surface area contributed by atoms with Crippen LogP contribution in [0.25, 0.3) is 0 Å². The van der Waals surface area contributed by atoms with Crippen LogP contribution in [0.15, 0.2) is 30.3 Å². The predicted octanol–water partition coefficient (Wildman–Crippen LogP) is 0.503. The summed E-state index contributed by atoms with van der Waals surface area (Å²) >= 11 is 0. The molecule has 0 aliphatic heterocycles. The lowest BCUT2D eigenvalue weighted by Gasteiger charge is -2.22. The number of nitrogens with two attached hydrogens (primary N) is 2. The Kier molecular flexibility index (Phi) is 5.47. The molecule has 0 aliphatic carbocycles. The van der Waals surface area contributed by atoms with Gasteiger partial charge in [-0.2, -0.15) is 0 Å². The summed E-state index contributed by atoms with van der Waals surface area (Å²) in [6, 6.07) is 8.22. The van der Waals surface area contributed by atoms with Gasteiger partial charge in [0.05, 0.1) is 0 Å². The molecule has 0 bridgehead atoms. The van der Waals surface area contributed by atoms with E-state index in [-0.39, 0.29) is 12.2 Å². The zero-order chi connectivity index (χ0) is 14.3. The molecule has 1 aromatic rings. The van der Waals surface area contributed by atoms with E-state index in [2.05, 4.69) is 0 Å². The highest BCUT2D eigenvalue weighted by Crippen LogP contribution is 2.17. The normalized spacial score (nSPS) is 13.6. The predicted molar refractivity (Wildman–Crippen MR) is 69.5 cm³/mol. The Morgan fingerprint density at radius 3 is 2.37 bits per heavy atom. The van der Waals surface area contributed by atoms with Crippen LogP contribution in [0.4, 0.5) is 0 Å². The van der Waals surface area contributed by atoms with E-state index in [0.29, 0.717) is 19.4 Å². The Labute approximate surface area is 111 Å². The number of para-hydroxylation sites is 1. The molecule has 0 aromatic heterocycles. The average Bonchev–Trinajstić information content (AvgIpc) is 2.39. The molecule has 0 amide bonds. The van der Waals surface area contributed by atoms with Crippen LogP contribution in [0.2, 0.25) is 0 Å². The largest absolute Gasteiger partial charge is 0.479 e. The van der Waals surface area contributed by atoms with Gasteiger partial charge in [-0.05, 0) is 37.9 Å². The number of carboxylic acids is 1. The van der Waals surface area contributed by atoms with Crippen LogP contribution in [0.5, 0.6) is 5.75 Å². The molecule has 0 heterocycles. The number of hydrogen-bond acceptors (Lipinski definition) is 5. The maximum atomic E-state index is 11.9. The smallest absolute Gasteiger partial charge is 0.343 e.